The van der Waals surface area contributed by atoms with Gasteiger partial charge in [-0.15, -0.1) is 0 Å². The third-order valence-corrected chi connectivity index (χ3v) is 4.38. The molecular weight excluding hydrogens is 371 g/mol. The predicted molar refractivity (Wildman–Crippen MR) is 102 cm³/mol. The number of ether oxygens (including phenoxy) is 1. The number of amides is 1. The van der Waals surface area contributed by atoms with Crippen molar-refractivity contribution in [2.45, 2.75) is 70.9 Å². The maximum absolute atomic E-state index is 12.9. The van der Waals surface area contributed by atoms with Gasteiger partial charge in [0.05, 0.1) is 17.7 Å². The number of hydrogen-bond donors (Lipinski definition) is 1. The maximum atomic E-state index is 12.9. The summed E-state index contributed by atoms with van der Waals surface area (Å²) in [5.74, 6) is -1.61. The average Bonchev–Trinajstić information content (AvgIpc) is 2.67. The molecule has 0 radical (unpaired) electrons. The Morgan fingerprint density at radius 1 is 0.929 bits per heavy atom. The first-order valence-electron chi connectivity index (χ1n) is 9.96. The van der Waals surface area contributed by atoms with E-state index in [1.54, 1.807) is 0 Å². The number of rotatable bonds is 13. The number of benzene rings is 1. The van der Waals surface area contributed by atoms with Crippen molar-refractivity contribution in [1.29, 1.82) is 0 Å². The lowest BCUT2D eigenvalue weighted by atomic mass is 10.1. The Morgan fingerprint density at radius 3 is 2.11 bits per heavy atom. The molecule has 7 heteroatoms. The van der Waals surface area contributed by atoms with Gasteiger partial charge in [-0.05, 0) is 18.6 Å². The van der Waals surface area contributed by atoms with E-state index in [2.05, 4.69) is 12.2 Å². The van der Waals surface area contributed by atoms with Gasteiger partial charge in [0.15, 0.2) is 0 Å². The SMILES string of the molecule is CCCCCCCCCCCOC(=O)CNC(=O)c1ccccc1C(F)(F)F. The average molecular weight is 401 g/mol. The molecule has 0 bridgehead atoms. The van der Waals surface area contributed by atoms with Crippen LogP contribution in [0.15, 0.2) is 24.3 Å². The Balaban J connectivity index is 2.18. The molecule has 0 aliphatic heterocycles. The summed E-state index contributed by atoms with van der Waals surface area (Å²) in [4.78, 5) is 23.6. The molecule has 0 atom stereocenters. The van der Waals surface area contributed by atoms with Crippen molar-refractivity contribution in [3.8, 4) is 0 Å². The number of halogens is 3. The molecule has 0 spiro atoms. The van der Waals surface area contributed by atoms with Crippen LogP contribution >= 0.6 is 0 Å². The van der Waals surface area contributed by atoms with Gasteiger partial charge in [0.1, 0.15) is 6.54 Å². The first-order chi connectivity index (χ1) is 13.4. The summed E-state index contributed by atoms with van der Waals surface area (Å²) in [5.41, 5.74) is -1.54. The standard InChI is InChI=1S/C21H30F3NO3/c1-2-3-4-5-6-7-8-9-12-15-28-19(26)16-25-20(27)17-13-10-11-14-18(17)21(22,23)24/h10-11,13-14H,2-9,12,15-16H2,1H3,(H,25,27). The second-order valence-electron chi connectivity index (χ2n) is 6.77. The molecule has 4 nitrogen and oxygen atoms in total. The molecule has 1 amide bonds. The number of carbonyl (C=O) groups is 2. The quantitative estimate of drug-likeness (QED) is 0.350. The van der Waals surface area contributed by atoms with Crippen molar-refractivity contribution in [3.63, 3.8) is 0 Å². The lowest BCUT2D eigenvalue weighted by molar-refractivity contribution is -0.142. The van der Waals surface area contributed by atoms with Gasteiger partial charge in [-0.25, -0.2) is 0 Å². The van der Waals surface area contributed by atoms with Crippen molar-refractivity contribution < 1.29 is 27.5 Å². The zero-order valence-corrected chi connectivity index (χ0v) is 16.4. The van der Waals surface area contributed by atoms with Crippen LogP contribution in [0.2, 0.25) is 0 Å². The van der Waals surface area contributed by atoms with E-state index in [1.165, 1.54) is 50.7 Å². The Labute approximate surface area is 164 Å². The van der Waals surface area contributed by atoms with Crippen LogP contribution in [0.3, 0.4) is 0 Å². The van der Waals surface area contributed by atoms with E-state index < -0.39 is 35.7 Å². The first kappa shape index (κ1) is 24.0. The van der Waals surface area contributed by atoms with Crippen molar-refractivity contribution in [2.75, 3.05) is 13.2 Å². The third-order valence-electron chi connectivity index (χ3n) is 4.38. The highest BCUT2D eigenvalue weighted by atomic mass is 19.4. The summed E-state index contributed by atoms with van der Waals surface area (Å²) in [6, 6.07) is 4.45. The van der Waals surface area contributed by atoms with Gasteiger partial charge < -0.3 is 10.1 Å². The fourth-order valence-corrected chi connectivity index (χ4v) is 2.83. The van der Waals surface area contributed by atoms with E-state index in [-0.39, 0.29) is 6.61 Å². The zero-order valence-electron chi connectivity index (χ0n) is 16.4. The highest BCUT2D eigenvalue weighted by Gasteiger charge is 2.34. The second-order valence-corrected chi connectivity index (χ2v) is 6.77. The number of esters is 1. The molecule has 0 aromatic heterocycles. The predicted octanol–water partition coefficient (Wildman–Crippen LogP) is 5.51. The minimum atomic E-state index is -4.63. The van der Waals surface area contributed by atoms with Gasteiger partial charge >= 0.3 is 12.1 Å². The fourth-order valence-electron chi connectivity index (χ4n) is 2.83. The highest BCUT2D eigenvalue weighted by molar-refractivity contribution is 5.97. The molecule has 0 unspecified atom stereocenters. The second kappa shape index (κ2) is 13.2. The topological polar surface area (TPSA) is 55.4 Å². The smallest absolute Gasteiger partial charge is 0.417 e. The van der Waals surface area contributed by atoms with E-state index >= 15 is 0 Å². The van der Waals surface area contributed by atoms with Crippen LogP contribution in [-0.4, -0.2) is 25.0 Å². The van der Waals surface area contributed by atoms with Gasteiger partial charge in [-0.3, -0.25) is 9.59 Å². The minimum Gasteiger partial charge on any atom is -0.464 e. The van der Waals surface area contributed by atoms with Gasteiger partial charge in [-0.1, -0.05) is 70.4 Å². The molecule has 1 rings (SSSR count). The van der Waals surface area contributed by atoms with Crippen molar-refractivity contribution in [3.05, 3.63) is 35.4 Å². The number of alkyl halides is 3. The van der Waals surface area contributed by atoms with Gasteiger partial charge in [0.2, 0.25) is 0 Å². The lowest BCUT2D eigenvalue weighted by Crippen LogP contribution is -2.32. The van der Waals surface area contributed by atoms with Crippen molar-refractivity contribution >= 4 is 11.9 Å². The Morgan fingerprint density at radius 2 is 1.50 bits per heavy atom. The molecule has 0 saturated heterocycles. The molecule has 0 fully saturated rings. The summed E-state index contributed by atoms with van der Waals surface area (Å²) in [7, 11) is 0. The molecule has 1 aromatic rings. The summed E-state index contributed by atoms with van der Waals surface area (Å²) in [6.07, 6.45) is 5.64. The lowest BCUT2D eigenvalue weighted by Gasteiger charge is -2.12. The van der Waals surface area contributed by atoms with Crippen LogP contribution in [-0.2, 0) is 15.7 Å². The molecule has 28 heavy (non-hydrogen) atoms. The summed E-state index contributed by atoms with van der Waals surface area (Å²) in [5, 5.41) is 2.18. The van der Waals surface area contributed by atoms with Crippen molar-refractivity contribution in [1.82, 2.24) is 5.32 Å². The van der Waals surface area contributed by atoms with Crippen LogP contribution in [0.5, 0.6) is 0 Å². The van der Waals surface area contributed by atoms with Crippen LogP contribution in [0.1, 0.15) is 80.6 Å². The zero-order chi connectivity index (χ0) is 20.8. The van der Waals surface area contributed by atoms with Gasteiger partial charge in [0.25, 0.3) is 5.91 Å². The Hall–Kier alpha value is -2.05. The molecule has 1 aromatic carbocycles. The molecular formula is C21H30F3NO3. The summed E-state index contributed by atoms with van der Waals surface area (Å²) < 4.78 is 43.7. The molecule has 158 valence electrons. The maximum Gasteiger partial charge on any atom is 0.417 e. The summed E-state index contributed by atoms with van der Waals surface area (Å²) in [6.45, 7) is 1.99. The van der Waals surface area contributed by atoms with Crippen LogP contribution in [0, 0.1) is 0 Å². The highest BCUT2D eigenvalue weighted by Crippen LogP contribution is 2.31. The molecule has 1 N–H and O–H groups in total. The van der Waals surface area contributed by atoms with E-state index in [1.807, 2.05) is 0 Å². The Bertz CT molecular complexity index is 603. The van der Waals surface area contributed by atoms with Gasteiger partial charge in [0, 0.05) is 0 Å². The monoisotopic (exact) mass is 401 g/mol. The minimum absolute atomic E-state index is 0.254. The normalized spacial score (nSPS) is 11.3. The molecule has 0 aliphatic carbocycles. The number of carbonyl (C=O) groups excluding carboxylic acids is 2. The molecule has 0 heterocycles. The number of hydrogen-bond acceptors (Lipinski definition) is 3. The van der Waals surface area contributed by atoms with Crippen LogP contribution in [0.4, 0.5) is 13.2 Å². The van der Waals surface area contributed by atoms with Crippen LogP contribution < -0.4 is 5.32 Å². The van der Waals surface area contributed by atoms with Gasteiger partial charge in [-0.2, -0.15) is 13.2 Å². The third kappa shape index (κ3) is 9.76. The van der Waals surface area contributed by atoms with E-state index in [0.29, 0.717) is 0 Å². The van der Waals surface area contributed by atoms with E-state index in [0.717, 1.165) is 31.4 Å². The first-order valence-corrected chi connectivity index (χ1v) is 9.96. The number of unbranched alkanes of at least 4 members (excludes halogenated alkanes) is 8. The van der Waals surface area contributed by atoms with E-state index in [9.17, 15) is 22.8 Å². The Kier molecular flexibility index (Phi) is 11.3. The number of nitrogens with one attached hydrogen (secondary N) is 1. The van der Waals surface area contributed by atoms with E-state index in [4.69, 9.17) is 4.74 Å². The fraction of sp³-hybridized carbons (Fsp3) is 0.619. The van der Waals surface area contributed by atoms with Crippen LogP contribution in [0.25, 0.3) is 0 Å². The summed E-state index contributed by atoms with van der Waals surface area (Å²) >= 11 is 0. The molecule has 0 aliphatic rings. The largest absolute Gasteiger partial charge is 0.464 e. The molecule has 0 saturated carbocycles. The van der Waals surface area contributed by atoms with Crippen molar-refractivity contribution in [2.24, 2.45) is 0 Å².